The van der Waals surface area contributed by atoms with Gasteiger partial charge in [-0.1, -0.05) is 154 Å². The topological polar surface area (TPSA) is 3.24 Å². The van der Waals surface area contributed by atoms with Crippen molar-refractivity contribution in [2.24, 2.45) is 35.0 Å². The van der Waals surface area contributed by atoms with Crippen molar-refractivity contribution >= 4 is 0 Å². The van der Waals surface area contributed by atoms with Crippen LogP contribution >= 0.6 is 0 Å². The highest BCUT2D eigenvalue weighted by Crippen LogP contribution is 2.38. The highest BCUT2D eigenvalue weighted by atomic mass is 15.1. The van der Waals surface area contributed by atoms with E-state index in [1.54, 1.807) is 6.08 Å². The molecule has 0 aliphatic heterocycles. The largest absolute Gasteiger partial charge is 0.301 e. The highest BCUT2D eigenvalue weighted by molar-refractivity contribution is 5.08. The third-order valence-electron chi connectivity index (χ3n) is 9.30. The van der Waals surface area contributed by atoms with Crippen molar-refractivity contribution in [3.63, 3.8) is 0 Å². The van der Waals surface area contributed by atoms with Gasteiger partial charge in [0.2, 0.25) is 0 Å². The standard InChI is InChI=1S/C26H53N.C10H20.C3H6.C2H6.CH4/c1-10-14-19-27(13-4)25(20-24(15-11-2)16-12-3)21-26(8,9)23(7)18-17-22(5)6;1-4-10-6-8(2)5-9(3)7-10;1-3-2;1-2;/h22,24-25H,7,10-21H2,1-6,8-9H3;8-10H,4-7H2,1-3H3;3H,1H2,2H3;1-2H3;1H4. The minimum absolute atomic E-state index is 0. The van der Waals surface area contributed by atoms with E-state index in [0.717, 1.165) is 29.6 Å². The van der Waals surface area contributed by atoms with Crippen molar-refractivity contribution in [1.29, 1.82) is 0 Å². The molecule has 0 heterocycles. The van der Waals surface area contributed by atoms with Gasteiger partial charge in [0.15, 0.2) is 0 Å². The number of hydrogen-bond acceptors (Lipinski definition) is 1. The highest BCUT2D eigenvalue weighted by Gasteiger charge is 2.30. The summed E-state index contributed by atoms with van der Waals surface area (Å²) in [6.07, 6.45) is 20.7. The van der Waals surface area contributed by atoms with E-state index in [2.05, 4.69) is 94.2 Å². The Hall–Kier alpha value is -0.560. The van der Waals surface area contributed by atoms with Gasteiger partial charge in [0.05, 0.1) is 0 Å². The van der Waals surface area contributed by atoms with Crippen LogP contribution in [-0.2, 0) is 0 Å². The van der Waals surface area contributed by atoms with Crippen molar-refractivity contribution in [1.82, 2.24) is 4.90 Å². The summed E-state index contributed by atoms with van der Waals surface area (Å²) in [6.45, 7) is 42.3. The SMILES string of the molecule is C.C=C(CCC(C)C)C(C)(C)CC(CC(CCC)CCC)N(CC)CCCC.C=CC.CC.CCC1CC(C)CC(C)C1. The second kappa shape index (κ2) is 31.4. The van der Waals surface area contributed by atoms with Crippen molar-refractivity contribution in [2.45, 2.75) is 200 Å². The van der Waals surface area contributed by atoms with Crippen molar-refractivity contribution in [3.05, 3.63) is 24.8 Å². The molecule has 43 heavy (non-hydrogen) atoms. The Bertz CT molecular complexity index is 572. The number of unbranched alkanes of at least 4 members (excludes halogenated alkanes) is 1. The molecule has 0 aromatic heterocycles. The van der Waals surface area contributed by atoms with E-state index in [1.807, 2.05) is 20.8 Å². The Morgan fingerprint density at radius 3 is 1.74 bits per heavy atom. The molecule has 1 nitrogen and oxygen atoms in total. The summed E-state index contributed by atoms with van der Waals surface area (Å²) in [4.78, 5) is 2.79. The van der Waals surface area contributed by atoms with E-state index < -0.39 is 0 Å². The van der Waals surface area contributed by atoms with Crippen molar-refractivity contribution in [3.8, 4) is 0 Å². The van der Waals surface area contributed by atoms with Crippen LogP contribution < -0.4 is 0 Å². The quantitative estimate of drug-likeness (QED) is 0.140. The van der Waals surface area contributed by atoms with Crippen LogP contribution in [0.5, 0.6) is 0 Å². The molecule has 1 saturated carbocycles. The van der Waals surface area contributed by atoms with Crippen LogP contribution in [0.3, 0.4) is 0 Å². The molecule has 1 aliphatic carbocycles. The van der Waals surface area contributed by atoms with E-state index in [-0.39, 0.29) is 12.8 Å². The maximum absolute atomic E-state index is 4.53. The zero-order chi connectivity index (χ0) is 33.1. The third kappa shape index (κ3) is 26.4. The van der Waals surface area contributed by atoms with E-state index >= 15 is 0 Å². The second-order valence-electron chi connectivity index (χ2n) is 14.5. The first-order valence-corrected chi connectivity index (χ1v) is 18.8. The van der Waals surface area contributed by atoms with Crippen LogP contribution in [0.2, 0.25) is 0 Å². The minimum atomic E-state index is 0. The first-order valence-electron chi connectivity index (χ1n) is 18.8. The molecular weight excluding hydrogens is 518 g/mol. The summed E-state index contributed by atoms with van der Waals surface area (Å²) in [5.41, 5.74) is 1.71. The fourth-order valence-corrected chi connectivity index (χ4v) is 6.88. The van der Waals surface area contributed by atoms with Crippen LogP contribution in [0.15, 0.2) is 24.8 Å². The lowest BCUT2D eigenvalue weighted by molar-refractivity contribution is 0.128. The summed E-state index contributed by atoms with van der Waals surface area (Å²) in [5, 5.41) is 0. The van der Waals surface area contributed by atoms with E-state index in [1.165, 1.54) is 109 Å². The molecule has 0 aromatic rings. The summed E-state index contributed by atoms with van der Waals surface area (Å²) < 4.78 is 0. The molecule has 0 spiro atoms. The van der Waals surface area contributed by atoms with E-state index in [9.17, 15) is 0 Å². The normalized spacial score (nSPS) is 18.8. The maximum Gasteiger partial charge on any atom is 0.0106 e. The predicted octanol–water partition coefficient (Wildman–Crippen LogP) is 14.8. The van der Waals surface area contributed by atoms with Gasteiger partial charge in [-0.3, -0.25) is 0 Å². The number of allylic oxidation sites excluding steroid dienone is 2. The van der Waals surface area contributed by atoms with Gasteiger partial charge in [0, 0.05) is 6.04 Å². The van der Waals surface area contributed by atoms with Crippen LogP contribution in [0, 0.1) is 35.0 Å². The fourth-order valence-electron chi connectivity index (χ4n) is 6.88. The van der Waals surface area contributed by atoms with E-state index in [4.69, 9.17) is 0 Å². The third-order valence-corrected chi connectivity index (χ3v) is 9.30. The van der Waals surface area contributed by atoms with Crippen LogP contribution in [0.4, 0.5) is 0 Å². The summed E-state index contributed by atoms with van der Waals surface area (Å²) >= 11 is 0. The summed E-state index contributed by atoms with van der Waals surface area (Å²) in [5.74, 6) is 4.69. The smallest absolute Gasteiger partial charge is 0.0106 e. The van der Waals surface area contributed by atoms with Crippen LogP contribution in [0.25, 0.3) is 0 Å². The fraction of sp³-hybridized carbons (Fsp3) is 0.905. The molecule has 0 amide bonds. The summed E-state index contributed by atoms with van der Waals surface area (Å²) in [7, 11) is 0. The molecule has 0 radical (unpaired) electrons. The molecular formula is C42H89N. The molecule has 0 bridgehead atoms. The lowest BCUT2D eigenvalue weighted by atomic mass is 9.74. The molecule has 3 atom stereocenters. The Labute approximate surface area is 277 Å². The van der Waals surface area contributed by atoms with Crippen molar-refractivity contribution < 1.29 is 0 Å². The van der Waals surface area contributed by atoms with Gasteiger partial charge in [-0.05, 0) is 106 Å². The number of nitrogens with zero attached hydrogens (tertiary/aromatic N) is 1. The van der Waals surface area contributed by atoms with Gasteiger partial charge < -0.3 is 4.90 Å². The Balaban J connectivity index is -0.000000390. The zero-order valence-electron chi connectivity index (χ0n) is 32.2. The van der Waals surface area contributed by atoms with Gasteiger partial charge in [0.1, 0.15) is 0 Å². The van der Waals surface area contributed by atoms with Crippen LogP contribution in [-0.4, -0.2) is 24.0 Å². The molecule has 262 valence electrons. The molecule has 1 fully saturated rings. The van der Waals surface area contributed by atoms with Gasteiger partial charge in [0.25, 0.3) is 0 Å². The lowest BCUT2D eigenvalue weighted by Gasteiger charge is -2.39. The van der Waals surface area contributed by atoms with E-state index in [0.29, 0.717) is 6.04 Å². The monoisotopic (exact) mass is 608 g/mol. The number of rotatable bonds is 18. The zero-order valence-corrected chi connectivity index (χ0v) is 32.2. The van der Waals surface area contributed by atoms with Gasteiger partial charge in [-0.2, -0.15) is 0 Å². The molecule has 1 heteroatoms. The molecule has 3 unspecified atom stereocenters. The minimum Gasteiger partial charge on any atom is -0.301 e. The first kappa shape index (κ1) is 49.3. The van der Waals surface area contributed by atoms with Gasteiger partial charge >= 0.3 is 0 Å². The summed E-state index contributed by atoms with van der Waals surface area (Å²) in [6, 6.07) is 0.704. The molecule has 1 aliphatic rings. The Morgan fingerprint density at radius 2 is 1.37 bits per heavy atom. The lowest BCUT2D eigenvalue weighted by Crippen LogP contribution is -2.40. The van der Waals surface area contributed by atoms with Crippen LogP contribution in [0.1, 0.15) is 194 Å². The predicted molar refractivity (Wildman–Crippen MR) is 205 cm³/mol. The van der Waals surface area contributed by atoms with Gasteiger partial charge in [-0.25, -0.2) is 0 Å². The van der Waals surface area contributed by atoms with Gasteiger partial charge in [-0.15, -0.1) is 6.58 Å². The molecule has 0 N–H and O–H groups in total. The van der Waals surface area contributed by atoms with Crippen molar-refractivity contribution in [2.75, 3.05) is 13.1 Å². The Morgan fingerprint density at radius 1 is 0.884 bits per heavy atom. The number of hydrogen-bond donors (Lipinski definition) is 0. The molecule has 1 rings (SSSR count). The Kier molecular flexibility index (Phi) is 36.0. The molecule has 0 saturated heterocycles. The second-order valence-corrected chi connectivity index (χ2v) is 14.5. The molecule has 0 aromatic carbocycles. The average molecular weight is 608 g/mol. The first-order chi connectivity index (χ1) is 19.8. The average Bonchev–Trinajstić information content (AvgIpc) is 2.93. The maximum atomic E-state index is 4.53.